The molecule has 0 aliphatic carbocycles. The van der Waals surface area contributed by atoms with Crippen molar-refractivity contribution in [2.45, 2.75) is 25.6 Å². The number of hydrogen-bond acceptors (Lipinski definition) is 8. The topological polar surface area (TPSA) is 110 Å². The number of aromatic nitrogens is 3. The lowest BCUT2D eigenvalue weighted by atomic mass is 10.0. The van der Waals surface area contributed by atoms with Crippen molar-refractivity contribution in [1.29, 1.82) is 0 Å². The van der Waals surface area contributed by atoms with Crippen LogP contribution in [0.5, 0.6) is 0 Å². The van der Waals surface area contributed by atoms with Crippen LogP contribution >= 0.6 is 0 Å². The maximum Gasteiger partial charge on any atom is 0.272 e. The van der Waals surface area contributed by atoms with Crippen LogP contribution in [0, 0.1) is 6.92 Å². The van der Waals surface area contributed by atoms with E-state index in [4.69, 9.17) is 4.52 Å². The van der Waals surface area contributed by atoms with E-state index in [9.17, 15) is 13.2 Å². The Morgan fingerprint density at radius 1 is 1.27 bits per heavy atom. The molecule has 2 atom stereocenters. The number of nitrogens with zero attached hydrogens (tertiary/aromatic N) is 5. The van der Waals surface area contributed by atoms with Crippen molar-refractivity contribution in [2.24, 2.45) is 0 Å². The number of aryl methyl sites for hydroxylation is 1. The molecule has 0 N–H and O–H groups in total. The van der Waals surface area contributed by atoms with Gasteiger partial charge in [0, 0.05) is 25.3 Å². The van der Waals surface area contributed by atoms with Crippen LogP contribution < -0.4 is 0 Å². The molecular weight excluding hydrogens is 358 g/mol. The Labute approximate surface area is 150 Å². The molecule has 10 heteroatoms. The first-order chi connectivity index (χ1) is 12.4. The first-order valence-corrected chi connectivity index (χ1v) is 10.2. The highest BCUT2D eigenvalue weighted by molar-refractivity contribution is 7.91. The average Bonchev–Trinajstić information content (AvgIpc) is 3.17. The Hall–Kier alpha value is -2.33. The maximum atomic E-state index is 12.8. The first kappa shape index (κ1) is 17.1. The molecule has 0 bridgehead atoms. The fraction of sp³-hybridized carbons (Fsp3) is 0.500. The van der Waals surface area contributed by atoms with Crippen LogP contribution in [-0.2, 0) is 16.4 Å². The van der Waals surface area contributed by atoms with Crippen LogP contribution in [-0.4, -0.2) is 75.9 Å². The number of sulfone groups is 1. The smallest absolute Gasteiger partial charge is 0.272 e. The van der Waals surface area contributed by atoms with Gasteiger partial charge in [0.15, 0.2) is 15.7 Å². The predicted octanol–water partition coefficient (Wildman–Crippen LogP) is -0.103. The minimum Gasteiger partial charge on any atom is -0.338 e. The van der Waals surface area contributed by atoms with Crippen LogP contribution in [0.4, 0.5) is 0 Å². The molecule has 4 heterocycles. The van der Waals surface area contributed by atoms with E-state index in [0.717, 1.165) is 0 Å². The number of rotatable bonds is 3. The minimum atomic E-state index is -3.22. The summed E-state index contributed by atoms with van der Waals surface area (Å²) < 4.78 is 29.7. The molecule has 2 aromatic rings. The molecule has 1 amide bonds. The van der Waals surface area contributed by atoms with Crippen molar-refractivity contribution in [3.05, 3.63) is 41.8 Å². The van der Waals surface area contributed by atoms with Crippen LogP contribution in [0.15, 0.2) is 28.9 Å². The molecular formula is C16H19N5O4S. The zero-order chi connectivity index (χ0) is 18.3. The van der Waals surface area contributed by atoms with E-state index >= 15 is 0 Å². The minimum absolute atomic E-state index is 0.0246. The number of piperazine rings is 1. The Kier molecular flexibility index (Phi) is 4.23. The number of amides is 1. The molecule has 9 nitrogen and oxygen atoms in total. The third-order valence-corrected chi connectivity index (χ3v) is 6.54. The molecule has 138 valence electrons. The third kappa shape index (κ3) is 3.21. The monoisotopic (exact) mass is 377 g/mol. The van der Waals surface area contributed by atoms with Crippen LogP contribution in [0.3, 0.4) is 0 Å². The number of carbonyl (C=O) groups is 1. The molecule has 0 radical (unpaired) electrons. The van der Waals surface area contributed by atoms with Gasteiger partial charge in [0.2, 0.25) is 5.89 Å². The van der Waals surface area contributed by atoms with E-state index in [0.29, 0.717) is 37.0 Å². The second kappa shape index (κ2) is 6.44. The lowest BCUT2D eigenvalue weighted by molar-refractivity contribution is 0.0269. The summed E-state index contributed by atoms with van der Waals surface area (Å²) in [6, 6.07) is 4.45. The average molecular weight is 377 g/mol. The van der Waals surface area contributed by atoms with Gasteiger partial charge in [-0.05, 0) is 19.1 Å². The molecule has 26 heavy (non-hydrogen) atoms. The number of fused-ring (bicyclic) bond motifs is 1. The standard InChI is InChI=1S/C16H19N5O4S/c1-11-18-15(25-19-11)8-20-6-7-21(14-10-26(23,24)9-13(14)20)16(22)12-4-2-3-5-17-12/h2-5,13-14H,6-10H2,1H3/t13-,14+/m0/s1. The molecule has 0 aromatic carbocycles. The van der Waals surface area contributed by atoms with E-state index in [-0.39, 0.29) is 23.5 Å². The van der Waals surface area contributed by atoms with Gasteiger partial charge in [0.05, 0.1) is 24.1 Å². The molecule has 2 saturated heterocycles. The van der Waals surface area contributed by atoms with Gasteiger partial charge in [-0.15, -0.1) is 0 Å². The third-order valence-electron chi connectivity index (χ3n) is 4.84. The number of hydrogen-bond donors (Lipinski definition) is 0. The van der Waals surface area contributed by atoms with Gasteiger partial charge in [0.1, 0.15) is 5.69 Å². The highest BCUT2D eigenvalue weighted by atomic mass is 32.2. The molecule has 2 aromatic heterocycles. The van der Waals surface area contributed by atoms with Crippen LogP contribution in [0.2, 0.25) is 0 Å². The highest BCUT2D eigenvalue weighted by Crippen LogP contribution is 2.29. The normalized spacial score (nSPS) is 25.2. The molecule has 0 spiro atoms. The van der Waals surface area contributed by atoms with Crippen molar-refractivity contribution in [3.63, 3.8) is 0 Å². The number of carbonyl (C=O) groups excluding carboxylic acids is 1. The van der Waals surface area contributed by atoms with Crippen molar-refractivity contribution in [3.8, 4) is 0 Å². The summed E-state index contributed by atoms with van der Waals surface area (Å²) >= 11 is 0. The van der Waals surface area contributed by atoms with Crippen LogP contribution in [0.25, 0.3) is 0 Å². The lowest BCUT2D eigenvalue weighted by Crippen LogP contribution is -2.60. The summed E-state index contributed by atoms with van der Waals surface area (Å²) in [6.07, 6.45) is 1.56. The van der Waals surface area contributed by atoms with Gasteiger partial charge in [0.25, 0.3) is 5.91 Å². The predicted molar refractivity (Wildman–Crippen MR) is 90.9 cm³/mol. The summed E-state index contributed by atoms with van der Waals surface area (Å²) in [5.41, 5.74) is 0.330. The summed E-state index contributed by atoms with van der Waals surface area (Å²) in [4.78, 5) is 24.8. The molecule has 0 saturated carbocycles. The quantitative estimate of drug-likeness (QED) is 0.729. The fourth-order valence-corrected chi connectivity index (χ4v) is 5.70. The summed E-state index contributed by atoms with van der Waals surface area (Å²) in [6.45, 7) is 3.08. The lowest BCUT2D eigenvalue weighted by Gasteiger charge is -2.43. The Morgan fingerprint density at radius 2 is 2.08 bits per heavy atom. The van der Waals surface area contributed by atoms with Gasteiger partial charge in [-0.2, -0.15) is 4.98 Å². The van der Waals surface area contributed by atoms with Gasteiger partial charge in [-0.3, -0.25) is 14.7 Å². The Bertz CT molecular complexity index is 914. The Balaban J connectivity index is 1.58. The molecule has 0 unspecified atom stereocenters. The largest absolute Gasteiger partial charge is 0.338 e. The van der Waals surface area contributed by atoms with Gasteiger partial charge in [-0.1, -0.05) is 11.2 Å². The zero-order valence-electron chi connectivity index (χ0n) is 14.3. The van der Waals surface area contributed by atoms with Gasteiger partial charge < -0.3 is 9.42 Å². The highest BCUT2D eigenvalue weighted by Gasteiger charge is 2.48. The van der Waals surface area contributed by atoms with E-state index in [2.05, 4.69) is 15.1 Å². The molecule has 4 rings (SSSR count). The second-order valence-corrected chi connectivity index (χ2v) is 8.78. The van der Waals surface area contributed by atoms with Crippen molar-refractivity contribution >= 4 is 15.7 Å². The SMILES string of the molecule is Cc1noc(CN2CCN(C(=O)c3ccccn3)[C@@H]3CS(=O)(=O)C[C@@H]32)n1. The molecule has 2 fully saturated rings. The molecule has 2 aliphatic heterocycles. The van der Waals surface area contributed by atoms with E-state index in [1.807, 2.05) is 4.90 Å². The van der Waals surface area contributed by atoms with E-state index < -0.39 is 15.9 Å². The summed E-state index contributed by atoms with van der Waals surface area (Å²) in [5, 5.41) is 3.78. The zero-order valence-corrected chi connectivity index (χ0v) is 15.1. The van der Waals surface area contributed by atoms with Gasteiger partial charge >= 0.3 is 0 Å². The number of pyridine rings is 1. The fourth-order valence-electron chi connectivity index (χ4n) is 3.69. The van der Waals surface area contributed by atoms with Crippen molar-refractivity contribution < 1.29 is 17.7 Å². The first-order valence-electron chi connectivity index (χ1n) is 8.38. The van der Waals surface area contributed by atoms with Gasteiger partial charge in [-0.25, -0.2) is 8.42 Å². The van der Waals surface area contributed by atoms with Crippen molar-refractivity contribution in [2.75, 3.05) is 24.6 Å². The van der Waals surface area contributed by atoms with Crippen molar-refractivity contribution in [1.82, 2.24) is 24.9 Å². The summed E-state index contributed by atoms with van der Waals surface area (Å²) in [5.74, 6) is 0.757. The second-order valence-electron chi connectivity index (χ2n) is 6.63. The van der Waals surface area contributed by atoms with Crippen LogP contribution in [0.1, 0.15) is 22.2 Å². The maximum absolute atomic E-state index is 12.8. The Morgan fingerprint density at radius 3 is 2.77 bits per heavy atom. The van der Waals surface area contributed by atoms with E-state index in [1.54, 1.807) is 36.2 Å². The molecule has 2 aliphatic rings. The van der Waals surface area contributed by atoms with E-state index in [1.165, 1.54) is 0 Å². The summed E-state index contributed by atoms with van der Waals surface area (Å²) in [7, 11) is -3.22.